The number of carbonyl (C=O) groups is 1. The summed E-state index contributed by atoms with van der Waals surface area (Å²) >= 11 is 0. The molecule has 2 aromatic heterocycles. The van der Waals surface area contributed by atoms with E-state index in [0.717, 1.165) is 44.1 Å². The Morgan fingerprint density at radius 3 is 1.83 bits per heavy atom. The molecule has 0 radical (unpaired) electrons. The maximum absolute atomic E-state index is 14.0. The Labute approximate surface area is 301 Å². The average molecular weight is 665 g/mol. The van der Waals surface area contributed by atoms with Crippen LogP contribution < -0.4 is 0 Å². The molecule has 0 aliphatic heterocycles. The number of nitrogens with zero attached hydrogens (tertiary/aromatic N) is 2. The molecule has 0 aliphatic rings. The minimum absolute atomic E-state index is 0.0113. The van der Waals surface area contributed by atoms with Gasteiger partial charge < -0.3 is 9.13 Å². The van der Waals surface area contributed by atoms with Gasteiger partial charge in [0, 0.05) is 44.9 Å². The van der Waals surface area contributed by atoms with Crippen LogP contribution in [0.5, 0.6) is 0 Å². The van der Waals surface area contributed by atoms with E-state index in [1.54, 1.807) is 0 Å². The molecule has 10 aromatic rings. The van der Waals surface area contributed by atoms with Crippen molar-refractivity contribution in [2.75, 3.05) is 0 Å². The third-order valence-electron chi connectivity index (χ3n) is 10.3. The smallest absolute Gasteiger partial charge is 0.193 e. The molecule has 3 nitrogen and oxygen atoms in total. The molecule has 0 saturated heterocycles. The van der Waals surface area contributed by atoms with Crippen LogP contribution in [0.3, 0.4) is 0 Å². The molecule has 2 heterocycles. The summed E-state index contributed by atoms with van der Waals surface area (Å²) in [5, 5.41) is 5.68. The highest BCUT2D eigenvalue weighted by Crippen LogP contribution is 2.39. The van der Waals surface area contributed by atoms with Crippen LogP contribution in [-0.4, -0.2) is 14.9 Å². The molecule has 10 rings (SSSR count). The van der Waals surface area contributed by atoms with E-state index in [9.17, 15) is 4.79 Å². The van der Waals surface area contributed by atoms with Gasteiger partial charge in [-0.25, -0.2) is 0 Å². The van der Waals surface area contributed by atoms with Gasteiger partial charge in [0.25, 0.3) is 0 Å². The average Bonchev–Trinajstić information content (AvgIpc) is 3.81. The lowest BCUT2D eigenvalue weighted by molar-refractivity contribution is 0.103. The van der Waals surface area contributed by atoms with Gasteiger partial charge in [0.1, 0.15) is 0 Å². The van der Waals surface area contributed by atoms with E-state index in [2.05, 4.69) is 155 Å². The number of ketones is 1. The van der Waals surface area contributed by atoms with Gasteiger partial charge in [-0.3, -0.25) is 4.79 Å². The van der Waals surface area contributed by atoms with E-state index < -0.39 is 0 Å². The van der Waals surface area contributed by atoms with Crippen LogP contribution in [0.2, 0.25) is 0 Å². The number of benzene rings is 8. The van der Waals surface area contributed by atoms with Crippen molar-refractivity contribution in [3.63, 3.8) is 0 Å². The van der Waals surface area contributed by atoms with Crippen molar-refractivity contribution < 1.29 is 4.79 Å². The second-order valence-corrected chi connectivity index (χ2v) is 13.4. The molecule has 3 heteroatoms. The Kier molecular flexibility index (Phi) is 6.97. The van der Waals surface area contributed by atoms with E-state index >= 15 is 0 Å². The summed E-state index contributed by atoms with van der Waals surface area (Å²) in [5.41, 5.74) is 11.4. The second-order valence-electron chi connectivity index (χ2n) is 13.4. The largest absolute Gasteiger partial charge is 0.316 e. The SMILES string of the molecule is O=C(c1cccc(-n2c3ccccc3c3ccc4c(ccn4-c4cc(-c5ccccc5)cc(-c5ccccc5)c4)c32)c1)c1ccc2ccccc2c1. The lowest BCUT2D eigenvalue weighted by Gasteiger charge is -2.14. The van der Waals surface area contributed by atoms with Gasteiger partial charge in [0.15, 0.2) is 5.78 Å². The molecule has 0 aliphatic carbocycles. The molecule has 0 atom stereocenters. The van der Waals surface area contributed by atoms with Crippen molar-refractivity contribution in [1.29, 1.82) is 0 Å². The number of hydrogen-bond donors (Lipinski definition) is 0. The third kappa shape index (κ3) is 4.94. The summed E-state index contributed by atoms with van der Waals surface area (Å²) in [7, 11) is 0. The third-order valence-corrected chi connectivity index (χ3v) is 10.3. The Morgan fingerprint density at radius 2 is 1.06 bits per heavy atom. The molecule has 0 spiro atoms. The number of carbonyl (C=O) groups excluding carboxylic acids is 1. The molecule has 0 amide bonds. The second kappa shape index (κ2) is 12.1. The zero-order valence-electron chi connectivity index (χ0n) is 28.3. The first-order chi connectivity index (χ1) is 25.7. The van der Waals surface area contributed by atoms with Crippen LogP contribution in [0.1, 0.15) is 15.9 Å². The fourth-order valence-electron chi connectivity index (χ4n) is 7.80. The van der Waals surface area contributed by atoms with Gasteiger partial charge in [0.05, 0.1) is 16.6 Å². The van der Waals surface area contributed by atoms with Gasteiger partial charge in [-0.05, 0) is 87.6 Å². The highest BCUT2D eigenvalue weighted by atomic mass is 16.1. The summed E-state index contributed by atoms with van der Waals surface area (Å²) in [5.74, 6) is 0.0113. The Morgan fingerprint density at radius 1 is 0.385 bits per heavy atom. The predicted molar refractivity (Wildman–Crippen MR) is 216 cm³/mol. The van der Waals surface area contributed by atoms with Crippen molar-refractivity contribution >= 4 is 49.3 Å². The van der Waals surface area contributed by atoms with E-state index in [1.807, 2.05) is 48.5 Å². The van der Waals surface area contributed by atoms with Gasteiger partial charge in [0.2, 0.25) is 0 Å². The highest BCUT2D eigenvalue weighted by molar-refractivity contribution is 6.19. The van der Waals surface area contributed by atoms with Crippen molar-refractivity contribution in [3.05, 3.63) is 205 Å². The molecular weight excluding hydrogens is 633 g/mol. The van der Waals surface area contributed by atoms with E-state index in [-0.39, 0.29) is 5.78 Å². The van der Waals surface area contributed by atoms with Crippen LogP contribution in [0, 0.1) is 0 Å². The maximum atomic E-state index is 14.0. The summed E-state index contributed by atoms with van der Waals surface area (Å²) in [4.78, 5) is 14.0. The first-order valence-corrected chi connectivity index (χ1v) is 17.6. The topological polar surface area (TPSA) is 26.9 Å². The number of para-hydroxylation sites is 1. The van der Waals surface area contributed by atoms with Gasteiger partial charge in [-0.1, -0.05) is 133 Å². The quantitative estimate of drug-likeness (QED) is 0.163. The molecule has 0 N–H and O–H groups in total. The fraction of sp³-hybridized carbons (Fsp3) is 0. The van der Waals surface area contributed by atoms with E-state index in [0.29, 0.717) is 11.1 Å². The number of aromatic nitrogens is 2. The van der Waals surface area contributed by atoms with Crippen LogP contribution in [0.25, 0.3) is 77.1 Å². The minimum atomic E-state index is 0.0113. The summed E-state index contributed by atoms with van der Waals surface area (Å²) < 4.78 is 4.62. The van der Waals surface area contributed by atoms with E-state index in [4.69, 9.17) is 0 Å². The summed E-state index contributed by atoms with van der Waals surface area (Å²) in [6.45, 7) is 0. The van der Waals surface area contributed by atoms with Crippen molar-refractivity contribution in [3.8, 4) is 33.6 Å². The maximum Gasteiger partial charge on any atom is 0.193 e. The first kappa shape index (κ1) is 29.9. The van der Waals surface area contributed by atoms with Crippen molar-refractivity contribution in [2.24, 2.45) is 0 Å². The number of fused-ring (bicyclic) bond motifs is 6. The monoisotopic (exact) mass is 664 g/mol. The predicted octanol–water partition coefficient (Wildman–Crippen LogP) is 12.4. The zero-order valence-corrected chi connectivity index (χ0v) is 28.3. The Bertz CT molecular complexity index is 2910. The molecule has 0 bridgehead atoms. The fourth-order valence-corrected chi connectivity index (χ4v) is 7.80. The molecule has 8 aromatic carbocycles. The highest BCUT2D eigenvalue weighted by Gasteiger charge is 2.19. The molecule has 52 heavy (non-hydrogen) atoms. The summed E-state index contributed by atoms with van der Waals surface area (Å²) in [6, 6.07) is 65.4. The zero-order chi connectivity index (χ0) is 34.6. The number of rotatable bonds is 6. The Hall–Kier alpha value is -6.97. The van der Waals surface area contributed by atoms with Gasteiger partial charge in [-0.15, -0.1) is 0 Å². The minimum Gasteiger partial charge on any atom is -0.316 e. The van der Waals surface area contributed by atoms with Crippen LogP contribution in [-0.2, 0) is 0 Å². The van der Waals surface area contributed by atoms with Crippen LogP contribution in [0.4, 0.5) is 0 Å². The van der Waals surface area contributed by atoms with Gasteiger partial charge in [-0.2, -0.15) is 0 Å². The molecule has 244 valence electrons. The Balaban J connectivity index is 1.16. The lowest BCUT2D eigenvalue weighted by atomic mass is 9.98. The van der Waals surface area contributed by atoms with E-state index in [1.165, 1.54) is 33.0 Å². The normalized spacial score (nSPS) is 11.5. The van der Waals surface area contributed by atoms with Crippen LogP contribution >= 0.6 is 0 Å². The molecule has 0 unspecified atom stereocenters. The first-order valence-electron chi connectivity index (χ1n) is 17.6. The molecular formula is C49H32N2O. The summed E-state index contributed by atoms with van der Waals surface area (Å²) in [6.07, 6.45) is 2.19. The molecule has 0 fully saturated rings. The van der Waals surface area contributed by atoms with Crippen molar-refractivity contribution in [2.45, 2.75) is 0 Å². The van der Waals surface area contributed by atoms with Crippen LogP contribution in [0.15, 0.2) is 194 Å². The van der Waals surface area contributed by atoms with Crippen molar-refractivity contribution in [1.82, 2.24) is 9.13 Å². The lowest BCUT2D eigenvalue weighted by Crippen LogP contribution is -2.03. The number of hydrogen-bond acceptors (Lipinski definition) is 1. The van der Waals surface area contributed by atoms with Gasteiger partial charge >= 0.3 is 0 Å². The standard InChI is InChI=1S/C49H32N2O/c52-49(38-23-22-35-16-7-8-17-36(35)28-38)37-18-11-19-41(30-37)51-47-21-10-9-20-43(47)44-24-25-46-45(48(44)51)26-27-50(46)42-31-39(33-12-3-1-4-13-33)29-40(32-42)34-14-5-2-6-15-34/h1-32H. The molecule has 0 saturated carbocycles.